The van der Waals surface area contributed by atoms with Crippen molar-refractivity contribution in [3.63, 3.8) is 0 Å². The van der Waals surface area contributed by atoms with Crippen LogP contribution in [-0.4, -0.2) is 65.1 Å². The zero-order chi connectivity index (χ0) is 14.9. The Morgan fingerprint density at radius 1 is 1.50 bits per heavy atom. The minimum Gasteiger partial charge on any atom is -0.390 e. The Bertz CT molecular complexity index is 467. The van der Waals surface area contributed by atoms with Gasteiger partial charge in [-0.3, -0.25) is 4.79 Å². The zero-order valence-corrected chi connectivity index (χ0v) is 12.8. The molecule has 1 amide bonds. The fourth-order valence-electron chi connectivity index (χ4n) is 2.77. The summed E-state index contributed by atoms with van der Waals surface area (Å²) in [6.07, 6.45) is 2.40. The average molecular weight is 279 g/mol. The average Bonchev–Trinajstić information content (AvgIpc) is 2.94. The minimum absolute atomic E-state index is 0.0176. The maximum absolute atomic E-state index is 12.4. The van der Waals surface area contributed by atoms with Crippen LogP contribution in [0.15, 0.2) is 12.3 Å². The van der Waals surface area contributed by atoms with Gasteiger partial charge in [-0.2, -0.15) is 0 Å². The van der Waals surface area contributed by atoms with Crippen LogP contribution in [0.25, 0.3) is 0 Å². The number of β-amino-alcohol motifs (C(OH)–C–C–N with tert-alkyl or cyclic N) is 1. The Morgan fingerprint density at radius 3 is 2.75 bits per heavy atom. The first kappa shape index (κ1) is 15.1. The van der Waals surface area contributed by atoms with E-state index in [1.54, 1.807) is 4.90 Å². The predicted molar refractivity (Wildman–Crippen MR) is 78.7 cm³/mol. The van der Waals surface area contributed by atoms with Gasteiger partial charge in [-0.15, -0.1) is 0 Å². The number of hydrogen-bond donors (Lipinski definition) is 2. The van der Waals surface area contributed by atoms with Crippen molar-refractivity contribution >= 4 is 5.91 Å². The summed E-state index contributed by atoms with van der Waals surface area (Å²) < 4.78 is 0. The van der Waals surface area contributed by atoms with Crippen molar-refractivity contribution < 1.29 is 9.90 Å². The van der Waals surface area contributed by atoms with E-state index in [2.05, 4.69) is 18.8 Å². The Hall–Kier alpha value is -1.33. The second-order valence-electron chi connectivity index (χ2n) is 6.33. The van der Waals surface area contributed by atoms with Gasteiger partial charge in [0.05, 0.1) is 12.1 Å². The van der Waals surface area contributed by atoms with E-state index in [9.17, 15) is 9.90 Å². The molecule has 112 valence electrons. The first-order valence-corrected chi connectivity index (χ1v) is 7.19. The molecule has 2 rings (SSSR count). The molecule has 0 unspecified atom stereocenters. The largest absolute Gasteiger partial charge is 0.390 e. The summed E-state index contributed by atoms with van der Waals surface area (Å²) in [6.45, 7) is 5.30. The summed E-state index contributed by atoms with van der Waals surface area (Å²) in [4.78, 5) is 19.2. The van der Waals surface area contributed by atoms with Crippen molar-refractivity contribution in [1.29, 1.82) is 0 Å². The molecule has 5 heteroatoms. The number of aromatic nitrogens is 1. The topological polar surface area (TPSA) is 59.6 Å². The van der Waals surface area contributed by atoms with Crippen LogP contribution in [-0.2, 0) is 6.42 Å². The summed E-state index contributed by atoms with van der Waals surface area (Å²) in [6, 6.07) is 1.95. The number of rotatable bonds is 4. The number of likely N-dealkylation sites (N-methyl/N-ethyl adjacent to an activating group) is 1. The van der Waals surface area contributed by atoms with E-state index in [1.807, 2.05) is 31.3 Å². The van der Waals surface area contributed by atoms with E-state index in [0.29, 0.717) is 24.7 Å². The van der Waals surface area contributed by atoms with Gasteiger partial charge in [0.15, 0.2) is 0 Å². The molecule has 2 atom stereocenters. The SMILES string of the molecule is CC(C)Cc1c[nH]c(C(=O)N2C[C@H](O)[C@@H](N(C)C)C2)c1. The molecule has 0 bridgehead atoms. The number of likely N-dealkylation sites (tertiary alicyclic amines) is 1. The van der Waals surface area contributed by atoms with Crippen LogP contribution in [0.3, 0.4) is 0 Å². The molecule has 0 saturated carbocycles. The van der Waals surface area contributed by atoms with Crippen molar-refractivity contribution in [2.75, 3.05) is 27.2 Å². The van der Waals surface area contributed by atoms with Crippen molar-refractivity contribution in [3.05, 3.63) is 23.5 Å². The maximum Gasteiger partial charge on any atom is 0.270 e. The molecule has 1 aromatic heterocycles. The van der Waals surface area contributed by atoms with Crippen LogP contribution in [0.1, 0.15) is 29.9 Å². The van der Waals surface area contributed by atoms with Crippen molar-refractivity contribution in [2.24, 2.45) is 5.92 Å². The lowest BCUT2D eigenvalue weighted by Gasteiger charge is -2.21. The molecule has 0 spiro atoms. The number of nitrogens with zero attached hydrogens (tertiary/aromatic N) is 2. The standard InChI is InChI=1S/C15H25N3O2/c1-10(2)5-11-6-12(16-7-11)15(20)18-8-13(17(3)4)14(19)9-18/h6-7,10,13-14,16,19H,5,8-9H2,1-4H3/t13-,14-/m0/s1. The molecule has 2 N–H and O–H groups in total. The maximum atomic E-state index is 12.4. The van der Waals surface area contributed by atoms with Crippen LogP contribution >= 0.6 is 0 Å². The second-order valence-corrected chi connectivity index (χ2v) is 6.33. The molecule has 1 saturated heterocycles. The lowest BCUT2D eigenvalue weighted by molar-refractivity contribution is 0.0759. The Kier molecular flexibility index (Phi) is 4.50. The molecular formula is C15H25N3O2. The number of hydrogen-bond acceptors (Lipinski definition) is 3. The fraction of sp³-hybridized carbons (Fsp3) is 0.667. The number of amides is 1. The van der Waals surface area contributed by atoms with E-state index in [4.69, 9.17) is 0 Å². The third kappa shape index (κ3) is 3.22. The number of aliphatic hydroxyl groups is 1. The quantitative estimate of drug-likeness (QED) is 0.863. The van der Waals surface area contributed by atoms with E-state index in [1.165, 1.54) is 0 Å². The number of nitrogens with one attached hydrogen (secondary N) is 1. The highest BCUT2D eigenvalue weighted by Gasteiger charge is 2.35. The van der Waals surface area contributed by atoms with Gasteiger partial charge >= 0.3 is 0 Å². The van der Waals surface area contributed by atoms with Crippen LogP contribution < -0.4 is 0 Å². The lowest BCUT2D eigenvalue weighted by atomic mass is 10.1. The minimum atomic E-state index is -0.473. The highest BCUT2D eigenvalue weighted by atomic mass is 16.3. The summed E-state index contributed by atoms with van der Waals surface area (Å²) in [5, 5.41) is 10.0. The highest BCUT2D eigenvalue weighted by molar-refractivity contribution is 5.93. The molecule has 1 aromatic rings. The number of aliphatic hydroxyl groups excluding tert-OH is 1. The molecule has 0 aliphatic carbocycles. The van der Waals surface area contributed by atoms with Crippen LogP contribution in [0, 0.1) is 5.92 Å². The van der Waals surface area contributed by atoms with E-state index in [-0.39, 0.29) is 11.9 Å². The number of carbonyl (C=O) groups excluding carboxylic acids is 1. The van der Waals surface area contributed by atoms with Crippen molar-refractivity contribution in [3.8, 4) is 0 Å². The van der Waals surface area contributed by atoms with Crippen molar-refractivity contribution in [1.82, 2.24) is 14.8 Å². The van der Waals surface area contributed by atoms with Gasteiger partial charge in [0.25, 0.3) is 5.91 Å². The molecule has 0 radical (unpaired) electrons. The molecule has 1 aliphatic rings. The number of H-pyrrole nitrogens is 1. The van der Waals surface area contributed by atoms with Crippen LogP contribution in [0.5, 0.6) is 0 Å². The summed E-state index contributed by atoms with van der Waals surface area (Å²) >= 11 is 0. The van der Waals surface area contributed by atoms with Gasteiger partial charge in [-0.05, 0) is 38.1 Å². The Labute approximate surface area is 120 Å². The second kappa shape index (κ2) is 5.97. The third-order valence-electron chi connectivity index (χ3n) is 3.83. The Morgan fingerprint density at radius 2 is 2.20 bits per heavy atom. The smallest absolute Gasteiger partial charge is 0.270 e. The monoisotopic (exact) mass is 279 g/mol. The van der Waals surface area contributed by atoms with Crippen LogP contribution in [0.4, 0.5) is 0 Å². The van der Waals surface area contributed by atoms with Gasteiger partial charge in [0.2, 0.25) is 0 Å². The molecule has 5 nitrogen and oxygen atoms in total. The normalized spacial score (nSPS) is 23.1. The first-order chi connectivity index (χ1) is 9.38. The first-order valence-electron chi connectivity index (χ1n) is 7.19. The molecule has 20 heavy (non-hydrogen) atoms. The van der Waals surface area contributed by atoms with Gasteiger partial charge in [-0.25, -0.2) is 0 Å². The summed E-state index contributed by atoms with van der Waals surface area (Å²) in [7, 11) is 3.86. The molecule has 2 heterocycles. The fourth-order valence-corrected chi connectivity index (χ4v) is 2.77. The third-order valence-corrected chi connectivity index (χ3v) is 3.83. The van der Waals surface area contributed by atoms with Gasteiger partial charge in [0.1, 0.15) is 5.69 Å². The van der Waals surface area contributed by atoms with E-state index >= 15 is 0 Å². The Balaban J connectivity index is 2.03. The molecule has 1 fully saturated rings. The molecule has 0 aromatic carbocycles. The molecule has 1 aliphatic heterocycles. The van der Waals surface area contributed by atoms with Gasteiger partial charge in [-0.1, -0.05) is 13.8 Å². The molecular weight excluding hydrogens is 254 g/mol. The van der Waals surface area contributed by atoms with Crippen molar-refractivity contribution in [2.45, 2.75) is 32.4 Å². The highest BCUT2D eigenvalue weighted by Crippen LogP contribution is 2.18. The lowest BCUT2D eigenvalue weighted by Crippen LogP contribution is -2.38. The van der Waals surface area contributed by atoms with Gasteiger partial charge < -0.3 is 19.9 Å². The summed E-state index contributed by atoms with van der Waals surface area (Å²) in [5.41, 5.74) is 1.78. The van der Waals surface area contributed by atoms with E-state index < -0.39 is 6.10 Å². The summed E-state index contributed by atoms with van der Waals surface area (Å²) in [5.74, 6) is 0.545. The number of aromatic amines is 1. The van der Waals surface area contributed by atoms with E-state index in [0.717, 1.165) is 12.0 Å². The van der Waals surface area contributed by atoms with Gasteiger partial charge in [0, 0.05) is 19.3 Å². The zero-order valence-electron chi connectivity index (χ0n) is 12.8. The van der Waals surface area contributed by atoms with Crippen LogP contribution in [0.2, 0.25) is 0 Å². The number of carbonyl (C=O) groups is 1. The predicted octanol–water partition coefficient (Wildman–Crippen LogP) is 0.960.